The highest BCUT2D eigenvalue weighted by Gasteiger charge is 2.29. The van der Waals surface area contributed by atoms with Gasteiger partial charge in [-0.3, -0.25) is 9.10 Å². The van der Waals surface area contributed by atoms with E-state index in [4.69, 9.17) is 4.74 Å². The number of carbonyl (C=O) groups excluding carboxylic acids is 1. The standard InChI is InChI=1S/C24H33N3O4S/c1-4-31-23-14-12-22(13-15-23)27(32(3,29)30)19(2)24(28)25-18-20-8-10-21(11-9-20)26-16-6-5-7-17-26/h8-15,19H,4-7,16-18H2,1-3H3,(H,25,28). The summed E-state index contributed by atoms with van der Waals surface area (Å²) in [7, 11) is -3.66. The van der Waals surface area contributed by atoms with Crippen molar-refractivity contribution in [1.82, 2.24) is 5.32 Å². The Morgan fingerprint density at radius 2 is 1.69 bits per heavy atom. The van der Waals surface area contributed by atoms with E-state index in [-0.39, 0.29) is 5.91 Å². The molecule has 1 saturated heterocycles. The van der Waals surface area contributed by atoms with Crippen molar-refractivity contribution in [3.05, 3.63) is 54.1 Å². The van der Waals surface area contributed by atoms with Crippen molar-refractivity contribution in [2.75, 3.05) is 35.2 Å². The van der Waals surface area contributed by atoms with E-state index in [0.29, 0.717) is 24.6 Å². The average Bonchev–Trinajstić information content (AvgIpc) is 2.79. The van der Waals surface area contributed by atoms with Crippen molar-refractivity contribution in [3.8, 4) is 5.75 Å². The molecule has 0 spiro atoms. The number of rotatable bonds is 9. The maximum absolute atomic E-state index is 12.8. The molecule has 8 heteroatoms. The molecule has 2 aromatic rings. The van der Waals surface area contributed by atoms with Crippen LogP contribution in [0.4, 0.5) is 11.4 Å². The highest BCUT2D eigenvalue weighted by atomic mass is 32.2. The largest absolute Gasteiger partial charge is 0.494 e. The first-order valence-electron chi connectivity index (χ1n) is 11.1. The van der Waals surface area contributed by atoms with Crippen LogP contribution < -0.4 is 19.3 Å². The molecule has 1 unspecified atom stereocenters. The number of nitrogens with one attached hydrogen (secondary N) is 1. The van der Waals surface area contributed by atoms with E-state index in [1.807, 2.05) is 19.1 Å². The molecular weight excluding hydrogens is 426 g/mol. The van der Waals surface area contributed by atoms with Gasteiger partial charge in [-0.15, -0.1) is 0 Å². The highest BCUT2D eigenvalue weighted by molar-refractivity contribution is 7.92. The summed E-state index contributed by atoms with van der Waals surface area (Å²) in [5.41, 5.74) is 2.59. The third-order valence-electron chi connectivity index (χ3n) is 5.62. The molecule has 1 fully saturated rings. The summed E-state index contributed by atoms with van der Waals surface area (Å²) < 4.78 is 31.5. The zero-order chi connectivity index (χ0) is 23.1. The van der Waals surface area contributed by atoms with Crippen molar-refractivity contribution in [3.63, 3.8) is 0 Å². The number of hydrogen-bond donors (Lipinski definition) is 1. The zero-order valence-corrected chi connectivity index (χ0v) is 19.9. The van der Waals surface area contributed by atoms with E-state index in [2.05, 4.69) is 22.3 Å². The number of anilines is 2. The first kappa shape index (κ1) is 23.9. The van der Waals surface area contributed by atoms with Crippen LogP contribution in [0, 0.1) is 0 Å². The predicted octanol–water partition coefficient (Wildman–Crippen LogP) is 3.55. The molecular formula is C24H33N3O4S. The molecule has 0 aliphatic carbocycles. The minimum absolute atomic E-state index is 0.338. The fourth-order valence-electron chi connectivity index (χ4n) is 3.98. The van der Waals surface area contributed by atoms with Crippen LogP contribution in [0.25, 0.3) is 0 Å². The Morgan fingerprint density at radius 3 is 2.25 bits per heavy atom. The molecule has 1 aliphatic rings. The number of carbonyl (C=O) groups is 1. The molecule has 32 heavy (non-hydrogen) atoms. The Hall–Kier alpha value is -2.74. The van der Waals surface area contributed by atoms with Gasteiger partial charge in [-0.1, -0.05) is 12.1 Å². The van der Waals surface area contributed by atoms with Crippen molar-refractivity contribution in [1.29, 1.82) is 0 Å². The Morgan fingerprint density at radius 1 is 1.06 bits per heavy atom. The smallest absolute Gasteiger partial charge is 0.243 e. The van der Waals surface area contributed by atoms with Gasteiger partial charge >= 0.3 is 0 Å². The molecule has 1 heterocycles. The molecule has 2 aromatic carbocycles. The van der Waals surface area contributed by atoms with Crippen LogP contribution in [0.3, 0.4) is 0 Å². The first-order valence-corrected chi connectivity index (χ1v) is 13.0. The number of piperidine rings is 1. The molecule has 0 saturated carbocycles. The van der Waals surface area contributed by atoms with Gasteiger partial charge < -0.3 is 15.0 Å². The van der Waals surface area contributed by atoms with E-state index >= 15 is 0 Å². The maximum atomic E-state index is 12.8. The third-order valence-corrected chi connectivity index (χ3v) is 6.86. The SMILES string of the molecule is CCOc1ccc(N(C(C)C(=O)NCc2ccc(N3CCCCC3)cc2)S(C)(=O)=O)cc1. The van der Waals surface area contributed by atoms with E-state index in [1.165, 1.54) is 24.9 Å². The summed E-state index contributed by atoms with van der Waals surface area (Å²) in [5, 5.41) is 2.87. The number of nitrogens with zero attached hydrogens (tertiary/aromatic N) is 2. The monoisotopic (exact) mass is 459 g/mol. The minimum Gasteiger partial charge on any atom is -0.494 e. The van der Waals surface area contributed by atoms with Gasteiger partial charge in [0.1, 0.15) is 11.8 Å². The van der Waals surface area contributed by atoms with Crippen LogP contribution in [0.5, 0.6) is 5.75 Å². The van der Waals surface area contributed by atoms with Gasteiger partial charge in [-0.25, -0.2) is 8.42 Å². The van der Waals surface area contributed by atoms with Gasteiger partial charge in [0.25, 0.3) is 0 Å². The Kier molecular flexibility index (Phi) is 8.01. The lowest BCUT2D eigenvalue weighted by atomic mass is 10.1. The molecule has 0 radical (unpaired) electrons. The minimum atomic E-state index is -3.66. The second kappa shape index (κ2) is 10.7. The van der Waals surface area contributed by atoms with E-state index in [0.717, 1.165) is 29.2 Å². The molecule has 0 bridgehead atoms. The first-order chi connectivity index (χ1) is 15.3. The maximum Gasteiger partial charge on any atom is 0.243 e. The molecule has 7 nitrogen and oxygen atoms in total. The zero-order valence-electron chi connectivity index (χ0n) is 19.1. The average molecular weight is 460 g/mol. The number of amides is 1. The van der Waals surface area contributed by atoms with Crippen molar-refractivity contribution in [2.24, 2.45) is 0 Å². The quantitative estimate of drug-likeness (QED) is 0.620. The second-order valence-electron chi connectivity index (χ2n) is 8.09. The van der Waals surface area contributed by atoms with Crippen LogP contribution in [0.1, 0.15) is 38.7 Å². The molecule has 3 rings (SSSR count). The summed E-state index contributed by atoms with van der Waals surface area (Å²) in [6, 6.07) is 14.0. The third kappa shape index (κ3) is 6.16. The summed E-state index contributed by atoms with van der Waals surface area (Å²) in [5.74, 6) is 0.291. The number of ether oxygens (including phenoxy) is 1. The lowest BCUT2D eigenvalue weighted by Gasteiger charge is -2.29. The number of sulfonamides is 1. The van der Waals surface area contributed by atoms with Crippen molar-refractivity contribution < 1.29 is 17.9 Å². The lowest BCUT2D eigenvalue weighted by Crippen LogP contribution is -2.47. The number of hydrogen-bond acceptors (Lipinski definition) is 5. The Balaban J connectivity index is 1.64. The van der Waals surface area contributed by atoms with Crippen LogP contribution in [-0.4, -0.2) is 46.3 Å². The summed E-state index contributed by atoms with van der Waals surface area (Å²) in [4.78, 5) is 15.2. The fraction of sp³-hybridized carbons (Fsp3) is 0.458. The summed E-state index contributed by atoms with van der Waals surface area (Å²) in [6.45, 7) is 6.49. The normalized spacial score (nSPS) is 15.2. The Labute approximate surface area is 191 Å². The van der Waals surface area contributed by atoms with Crippen molar-refractivity contribution in [2.45, 2.75) is 45.7 Å². The predicted molar refractivity (Wildman–Crippen MR) is 129 cm³/mol. The van der Waals surface area contributed by atoms with E-state index < -0.39 is 16.1 Å². The second-order valence-corrected chi connectivity index (χ2v) is 9.95. The van der Waals surface area contributed by atoms with E-state index in [1.54, 1.807) is 31.2 Å². The molecule has 1 amide bonds. The van der Waals surface area contributed by atoms with Crippen LogP contribution >= 0.6 is 0 Å². The Bertz CT molecular complexity index is 985. The summed E-state index contributed by atoms with van der Waals surface area (Å²) >= 11 is 0. The van der Waals surface area contributed by atoms with Gasteiger partial charge in [0, 0.05) is 25.3 Å². The van der Waals surface area contributed by atoms with Crippen molar-refractivity contribution >= 4 is 27.3 Å². The lowest BCUT2D eigenvalue weighted by molar-refractivity contribution is -0.122. The highest BCUT2D eigenvalue weighted by Crippen LogP contribution is 2.24. The molecule has 1 N–H and O–H groups in total. The molecule has 0 aromatic heterocycles. The molecule has 1 atom stereocenters. The topological polar surface area (TPSA) is 79.0 Å². The number of benzene rings is 2. The molecule has 1 aliphatic heterocycles. The van der Waals surface area contributed by atoms with E-state index in [9.17, 15) is 13.2 Å². The van der Waals surface area contributed by atoms with Gasteiger partial charge in [0.05, 0.1) is 18.6 Å². The van der Waals surface area contributed by atoms with Crippen LogP contribution in [0.2, 0.25) is 0 Å². The van der Waals surface area contributed by atoms with Gasteiger partial charge in [0.2, 0.25) is 15.9 Å². The van der Waals surface area contributed by atoms with Gasteiger partial charge in [0.15, 0.2) is 0 Å². The molecule has 174 valence electrons. The van der Waals surface area contributed by atoms with Crippen LogP contribution in [-0.2, 0) is 21.4 Å². The fourth-order valence-corrected chi connectivity index (χ4v) is 5.15. The van der Waals surface area contributed by atoms with Gasteiger partial charge in [-0.2, -0.15) is 0 Å². The van der Waals surface area contributed by atoms with Crippen LogP contribution in [0.15, 0.2) is 48.5 Å². The van der Waals surface area contributed by atoms with Gasteiger partial charge in [-0.05, 0) is 75.1 Å². The summed E-state index contributed by atoms with van der Waals surface area (Å²) in [6.07, 6.45) is 4.84.